The van der Waals surface area contributed by atoms with Crippen molar-refractivity contribution < 1.29 is 22.4 Å². The normalized spacial score (nSPS) is 11.0. The van der Waals surface area contributed by atoms with E-state index in [1.807, 2.05) is 0 Å². The number of carbonyl (C=O) groups is 1. The summed E-state index contributed by atoms with van der Waals surface area (Å²) in [4.78, 5) is 11.6. The average molecular weight is 298 g/mol. The van der Waals surface area contributed by atoms with Gasteiger partial charge in [-0.3, -0.25) is 0 Å². The van der Waals surface area contributed by atoms with Gasteiger partial charge in [0.1, 0.15) is 5.82 Å². The summed E-state index contributed by atoms with van der Waals surface area (Å²) in [6.07, 6.45) is -4.49. The van der Waals surface area contributed by atoms with Crippen molar-refractivity contribution in [3.05, 3.63) is 59.9 Å². The van der Waals surface area contributed by atoms with Crippen molar-refractivity contribution in [3.63, 3.8) is 0 Å². The maximum Gasteiger partial charge on any atom is 0.416 e. The Morgan fingerprint density at radius 2 is 1.48 bits per heavy atom. The van der Waals surface area contributed by atoms with Crippen LogP contribution in [-0.4, -0.2) is 6.03 Å². The van der Waals surface area contributed by atoms with E-state index < -0.39 is 23.6 Å². The Bertz CT molecular complexity index is 655. The van der Waals surface area contributed by atoms with Crippen LogP contribution < -0.4 is 10.6 Å². The van der Waals surface area contributed by atoms with Crippen LogP contribution in [0.25, 0.3) is 0 Å². The Morgan fingerprint density at radius 3 is 2.05 bits per heavy atom. The smallest absolute Gasteiger partial charge is 0.308 e. The maximum absolute atomic E-state index is 12.9. The summed E-state index contributed by atoms with van der Waals surface area (Å²) in [5.74, 6) is -0.535. The Hall–Kier alpha value is -2.57. The first-order chi connectivity index (χ1) is 9.84. The SMILES string of the molecule is O=C(Nc1cccc(F)c1)Nc1cccc(C(F)(F)F)c1. The molecule has 0 aliphatic heterocycles. The second-order valence-electron chi connectivity index (χ2n) is 4.17. The van der Waals surface area contributed by atoms with Crippen LogP contribution in [-0.2, 0) is 6.18 Å². The second-order valence-corrected chi connectivity index (χ2v) is 4.17. The molecule has 110 valence electrons. The van der Waals surface area contributed by atoms with Gasteiger partial charge in [0, 0.05) is 11.4 Å². The molecule has 0 saturated heterocycles. The molecule has 2 N–H and O–H groups in total. The summed E-state index contributed by atoms with van der Waals surface area (Å²) in [5, 5.41) is 4.57. The topological polar surface area (TPSA) is 41.1 Å². The lowest BCUT2D eigenvalue weighted by Crippen LogP contribution is -2.19. The van der Waals surface area contributed by atoms with Crippen molar-refractivity contribution in [3.8, 4) is 0 Å². The summed E-state index contributed by atoms with van der Waals surface area (Å²) in [6, 6.07) is 8.59. The van der Waals surface area contributed by atoms with Gasteiger partial charge >= 0.3 is 12.2 Å². The molecule has 0 heterocycles. The Morgan fingerprint density at radius 1 is 0.905 bits per heavy atom. The van der Waals surface area contributed by atoms with E-state index in [4.69, 9.17) is 0 Å². The van der Waals surface area contributed by atoms with E-state index in [0.29, 0.717) is 0 Å². The molecule has 0 atom stereocenters. The summed E-state index contributed by atoms with van der Waals surface area (Å²) in [7, 11) is 0. The number of amides is 2. The Labute approximate surface area is 117 Å². The predicted octanol–water partition coefficient (Wildman–Crippen LogP) is 4.49. The molecule has 0 saturated carbocycles. The van der Waals surface area contributed by atoms with Crippen LogP contribution in [0.2, 0.25) is 0 Å². The molecule has 0 aromatic heterocycles. The van der Waals surface area contributed by atoms with Gasteiger partial charge in [-0.2, -0.15) is 13.2 Å². The second kappa shape index (κ2) is 5.82. The van der Waals surface area contributed by atoms with Gasteiger partial charge in [0.25, 0.3) is 0 Å². The number of halogens is 4. The molecule has 0 aliphatic rings. The monoisotopic (exact) mass is 298 g/mol. The summed E-state index contributed by atoms with van der Waals surface area (Å²) in [6.45, 7) is 0. The molecule has 0 radical (unpaired) electrons. The number of hydrogen-bond acceptors (Lipinski definition) is 1. The maximum atomic E-state index is 12.9. The summed E-state index contributed by atoms with van der Waals surface area (Å²) >= 11 is 0. The van der Waals surface area contributed by atoms with Crippen LogP contribution in [0.5, 0.6) is 0 Å². The molecule has 0 spiro atoms. The molecular formula is C14H10F4N2O. The fourth-order valence-corrected chi connectivity index (χ4v) is 1.63. The van der Waals surface area contributed by atoms with Crippen molar-refractivity contribution in [2.75, 3.05) is 10.6 Å². The van der Waals surface area contributed by atoms with Crippen molar-refractivity contribution in [2.24, 2.45) is 0 Å². The molecule has 0 fully saturated rings. The number of urea groups is 1. The van der Waals surface area contributed by atoms with E-state index in [1.54, 1.807) is 0 Å². The van der Waals surface area contributed by atoms with E-state index in [1.165, 1.54) is 30.3 Å². The third kappa shape index (κ3) is 4.20. The zero-order chi connectivity index (χ0) is 15.5. The van der Waals surface area contributed by atoms with Crippen LogP contribution in [0.3, 0.4) is 0 Å². The summed E-state index contributed by atoms with van der Waals surface area (Å²) in [5.41, 5.74) is -0.691. The van der Waals surface area contributed by atoms with E-state index in [-0.39, 0.29) is 11.4 Å². The molecular weight excluding hydrogens is 288 g/mol. The highest BCUT2D eigenvalue weighted by atomic mass is 19.4. The van der Waals surface area contributed by atoms with Crippen molar-refractivity contribution in [1.29, 1.82) is 0 Å². The molecule has 0 aliphatic carbocycles. The number of alkyl halides is 3. The minimum atomic E-state index is -4.49. The number of benzene rings is 2. The van der Waals surface area contributed by atoms with Crippen molar-refractivity contribution >= 4 is 17.4 Å². The Kier molecular flexibility index (Phi) is 4.11. The van der Waals surface area contributed by atoms with Gasteiger partial charge in [-0.1, -0.05) is 12.1 Å². The minimum Gasteiger partial charge on any atom is -0.308 e. The molecule has 2 rings (SSSR count). The molecule has 21 heavy (non-hydrogen) atoms. The molecule has 2 aromatic carbocycles. The lowest BCUT2D eigenvalue weighted by molar-refractivity contribution is -0.137. The number of rotatable bonds is 2. The number of nitrogens with one attached hydrogen (secondary N) is 2. The van der Waals surface area contributed by atoms with Crippen LogP contribution in [0, 0.1) is 5.82 Å². The molecule has 2 aromatic rings. The van der Waals surface area contributed by atoms with Gasteiger partial charge in [0.05, 0.1) is 5.56 Å². The number of carbonyl (C=O) groups excluding carboxylic acids is 1. The van der Waals surface area contributed by atoms with Crippen molar-refractivity contribution in [1.82, 2.24) is 0 Å². The van der Waals surface area contributed by atoms with Gasteiger partial charge < -0.3 is 10.6 Å². The first-order valence-electron chi connectivity index (χ1n) is 5.85. The van der Waals surface area contributed by atoms with Crippen LogP contribution in [0.4, 0.5) is 33.7 Å². The van der Waals surface area contributed by atoms with Gasteiger partial charge in [-0.25, -0.2) is 9.18 Å². The summed E-state index contributed by atoms with van der Waals surface area (Å²) < 4.78 is 50.5. The first kappa shape index (κ1) is 14.8. The van der Waals surface area contributed by atoms with Crippen LogP contribution in [0.1, 0.15) is 5.56 Å². The lowest BCUT2D eigenvalue weighted by Gasteiger charge is -2.10. The van der Waals surface area contributed by atoms with Crippen molar-refractivity contribution in [2.45, 2.75) is 6.18 Å². The molecule has 3 nitrogen and oxygen atoms in total. The van der Waals surface area contributed by atoms with E-state index in [2.05, 4.69) is 10.6 Å². The molecule has 0 bridgehead atoms. The van der Waals surface area contributed by atoms with E-state index >= 15 is 0 Å². The fourth-order valence-electron chi connectivity index (χ4n) is 1.63. The van der Waals surface area contributed by atoms with Crippen LogP contribution >= 0.6 is 0 Å². The quantitative estimate of drug-likeness (QED) is 0.788. The molecule has 2 amide bonds. The standard InChI is InChI=1S/C14H10F4N2O/c15-10-4-2-6-12(8-10)20-13(21)19-11-5-1-3-9(7-11)14(16,17)18/h1-8H,(H2,19,20,21). The molecule has 7 heteroatoms. The van der Waals surface area contributed by atoms with E-state index in [9.17, 15) is 22.4 Å². The first-order valence-corrected chi connectivity index (χ1v) is 5.85. The zero-order valence-electron chi connectivity index (χ0n) is 10.5. The van der Waals surface area contributed by atoms with Crippen LogP contribution in [0.15, 0.2) is 48.5 Å². The van der Waals surface area contributed by atoms with Gasteiger partial charge in [-0.05, 0) is 36.4 Å². The highest BCUT2D eigenvalue weighted by Crippen LogP contribution is 2.30. The fraction of sp³-hybridized carbons (Fsp3) is 0.0714. The Balaban J connectivity index is 2.06. The highest BCUT2D eigenvalue weighted by molar-refractivity contribution is 5.99. The highest BCUT2D eigenvalue weighted by Gasteiger charge is 2.30. The van der Waals surface area contributed by atoms with Gasteiger partial charge in [0.15, 0.2) is 0 Å². The predicted molar refractivity (Wildman–Crippen MR) is 70.5 cm³/mol. The zero-order valence-corrected chi connectivity index (χ0v) is 10.5. The largest absolute Gasteiger partial charge is 0.416 e. The average Bonchev–Trinajstić information content (AvgIpc) is 2.37. The number of hydrogen-bond donors (Lipinski definition) is 2. The number of anilines is 2. The minimum absolute atomic E-state index is 0.0151. The van der Waals surface area contributed by atoms with Gasteiger partial charge in [0.2, 0.25) is 0 Å². The van der Waals surface area contributed by atoms with E-state index in [0.717, 1.165) is 18.2 Å². The third-order valence-corrected chi connectivity index (χ3v) is 2.53. The lowest BCUT2D eigenvalue weighted by atomic mass is 10.2. The van der Waals surface area contributed by atoms with Gasteiger partial charge in [-0.15, -0.1) is 0 Å². The third-order valence-electron chi connectivity index (χ3n) is 2.53. The molecule has 0 unspecified atom stereocenters.